The third-order valence-corrected chi connectivity index (χ3v) is 6.88. The van der Waals surface area contributed by atoms with Crippen LogP contribution in [0.25, 0.3) is 5.57 Å². The lowest BCUT2D eigenvalue weighted by atomic mass is 9.70. The molecule has 5 nitrogen and oxygen atoms in total. The van der Waals surface area contributed by atoms with E-state index in [4.69, 9.17) is 10.7 Å². The van der Waals surface area contributed by atoms with Crippen LogP contribution in [0.2, 0.25) is 0 Å². The van der Waals surface area contributed by atoms with E-state index in [1.54, 1.807) is 5.57 Å². The molecule has 1 spiro atoms. The average Bonchev–Trinajstić information content (AvgIpc) is 3.00. The molecule has 1 aromatic carbocycles. The molecule has 0 aromatic heterocycles. The molecule has 2 heterocycles. The first-order valence-electron chi connectivity index (χ1n) is 10.1. The topological polar surface area (TPSA) is 82.5 Å². The van der Waals surface area contributed by atoms with Crippen LogP contribution in [0.4, 0.5) is 5.69 Å². The summed E-state index contributed by atoms with van der Waals surface area (Å²) in [5.41, 5.74) is 9.41. The van der Waals surface area contributed by atoms with Gasteiger partial charge in [-0.15, -0.1) is 0 Å². The standard InChI is InChI=1S/C22H24N4O/c23-13-17(21(24)27)14-8-9-18-20(12-14)26-19-7-2-1-5-15(19)11-16-6-3-4-10-22(16,26)25-18/h8-9,12,16H,1-7,10-11H2,(H2,24,27)/b17-14+/t16-,22-/m0/s1. The summed E-state index contributed by atoms with van der Waals surface area (Å²) in [6, 6.07) is 7.72. The normalized spacial score (nSPS) is 29.6. The second kappa shape index (κ2) is 5.95. The van der Waals surface area contributed by atoms with Gasteiger partial charge in [0.15, 0.2) is 0 Å². The molecule has 138 valence electrons. The van der Waals surface area contributed by atoms with Crippen LogP contribution in [0, 0.1) is 17.2 Å². The van der Waals surface area contributed by atoms with Gasteiger partial charge in [-0.2, -0.15) is 5.26 Å². The van der Waals surface area contributed by atoms with Crippen LogP contribution in [0.3, 0.4) is 0 Å². The summed E-state index contributed by atoms with van der Waals surface area (Å²) >= 11 is 0. The van der Waals surface area contributed by atoms with Crippen molar-refractivity contribution in [2.24, 2.45) is 16.6 Å². The van der Waals surface area contributed by atoms with Gasteiger partial charge in [-0.1, -0.05) is 18.1 Å². The summed E-state index contributed by atoms with van der Waals surface area (Å²) in [6.45, 7) is 0. The first-order chi connectivity index (χ1) is 13.1. The van der Waals surface area contributed by atoms with Gasteiger partial charge in [0.1, 0.15) is 17.3 Å². The van der Waals surface area contributed by atoms with Gasteiger partial charge in [-0.25, -0.2) is 0 Å². The van der Waals surface area contributed by atoms with Crippen molar-refractivity contribution in [1.82, 2.24) is 0 Å². The first-order valence-corrected chi connectivity index (χ1v) is 10.1. The van der Waals surface area contributed by atoms with Crippen LogP contribution in [-0.4, -0.2) is 11.6 Å². The highest BCUT2D eigenvalue weighted by molar-refractivity contribution is 6.17. The lowest BCUT2D eigenvalue weighted by Gasteiger charge is -2.52. The van der Waals surface area contributed by atoms with Crippen molar-refractivity contribution in [3.05, 3.63) is 40.0 Å². The van der Waals surface area contributed by atoms with Gasteiger partial charge in [-0.05, 0) is 63.5 Å². The van der Waals surface area contributed by atoms with E-state index < -0.39 is 5.91 Å². The van der Waals surface area contributed by atoms with Crippen LogP contribution in [0.1, 0.15) is 57.8 Å². The molecule has 1 fully saturated rings. The molecule has 5 heteroatoms. The number of primary amides is 1. The maximum absolute atomic E-state index is 11.7. The fourth-order valence-corrected chi connectivity index (χ4v) is 5.72. The fraction of sp³-hybridized carbons (Fsp3) is 0.500. The molecule has 5 rings (SSSR count). The molecule has 2 aliphatic heterocycles. The second-order valence-corrected chi connectivity index (χ2v) is 8.28. The van der Waals surface area contributed by atoms with Gasteiger partial charge in [0.05, 0.1) is 11.0 Å². The summed E-state index contributed by atoms with van der Waals surface area (Å²) in [4.78, 5) is 19.5. The maximum Gasteiger partial charge on any atom is 0.259 e. The predicted molar refractivity (Wildman–Crippen MR) is 103 cm³/mol. The van der Waals surface area contributed by atoms with E-state index in [1.165, 1.54) is 50.6 Å². The lowest BCUT2D eigenvalue weighted by molar-refractivity contribution is -0.112. The highest BCUT2D eigenvalue weighted by Crippen LogP contribution is 2.53. The molecule has 0 unspecified atom stereocenters. The SMILES string of the molecule is N#C/C(C(N)=O)=c1/ccc2c(c1)N1C3=C(CCCC3)C[C@@H]3CCCC[C@@]31N=2. The minimum Gasteiger partial charge on any atom is -0.365 e. The molecular weight excluding hydrogens is 336 g/mol. The molecule has 27 heavy (non-hydrogen) atoms. The number of benzene rings is 1. The van der Waals surface area contributed by atoms with Crippen molar-refractivity contribution in [3.8, 4) is 6.07 Å². The van der Waals surface area contributed by atoms with Crippen molar-refractivity contribution < 1.29 is 4.79 Å². The summed E-state index contributed by atoms with van der Waals surface area (Å²) in [5, 5.41) is 11.0. The van der Waals surface area contributed by atoms with E-state index in [2.05, 4.69) is 4.90 Å². The molecule has 2 aliphatic carbocycles. The third-order valence-electron chi connectivity index (χ3n) is 6.88. The first kappa shape index (κ1) is 16.6. The molecule has 0 bridgehead atoms. The minimum absolute atomic E-state index is 0.0220. The quantitative estimate of drug-likeness (QED) is 0.835. The third kappa shape index (κ3) is 2.29. The number of carbonyl (C=O) groups is 1. The zero-order chi connectivity index (χ0) is 18.6. The molecule has 1 amide bonds. The van der Waals surface area contributed by atoms with Gasteiger partial charge in [0.2, 0.25) is 0 Å². The van der Waals surface area contributed by atoms with Gasteiger partial charge in [0.25, 0.3) is 5.91 Å². The number of carbonyl (C=O) groups excluding carboxylic acids is 1. The van der Waals surface area contributed by atoms with Gasteiger partial charge in [0, 0.05) is 16.8 Å². The zero-order valence-electron chi connectivity index (χ0n) is 15.5. The van der Waals surface area contributed by atoms with Gasteiger partial charge in [-0.3, -0.25) is 9.79 Å². The molecule has 2 N–H and O–H groups in total. The Balaban J connectivity index is 1.76. The smallest absolute Gasteiger partial charge is 0.259 e. The number of hydrogen-bond donors (Lipinski definition) is 1. The average molecular weight is 360 g/mol. The monoisotopic (exact) mass is 360 g/mol. The largest absolute Gasteiger partial charge is 0.365 e. The Hall–Kier alpha value is -2.61. The van der Waals surface area contributed by atoms with Crippen LogP contribution >= 0.6 is 0 Å². The molecule has 0 saturated heterocycles. The highest BCUT2D eigenvalue weighted by Gasteiger charge is 2.53. The van der Waals surface area contributed by atoms with Crippen molar-refractivity contribution in [2.45, 2.75) is 63.5 Å². The van der Waals surface area contributed by atoms with E-state index in [1.807, 2.05) is 24.3 Å². The van der Waals surface area contributed by atoms with Crippen molar-refractivity contribution in [3.63, 3.8) is 0 Å². The number of fused-ring (bicyclic) bond motifs is 3. The Morgan fingerprint density at radius 2 is 2.11 bits per heavy atom. The zero-order valence-corrected chi connectivity index (χ0v) is 15.5. The number of anilines is 1. The number of allylic oxidation sites excluding steroid dienone is 2. The highest BCUT2D eigenvalue weighted by atomic mass is 16.1. The van der Waals surface area contributed by atoms with Crippen molar-refractivity contribution in [1.29, 1.82) is 5.26 Å². The van der Waals surface area contributed by atoms with Crippen LogP contribution in [-0.2, 0) is 4.79 Å². The van der Waals surface area contributed by atoms with Crippen molar-refractivity contribution >= 4 is 17.2 Å². The number of amides is 1. The maximum atomic E-state index is 11.7. The Bertz CT molecular complexity index is 1030. The minimum atomic E-state index is -0.672. The van der Waals surface area contributed by atoms with Crippen LogP contribution in [0.15, 0.2) is 34.5 Å². The van der Waals surface area contributed by atoms with Crippen LogP contribution < -0.4 is 21.2 Å². The van der Waals surface area contributed by atoms with E-state index in [9.17, 15) is 10.1 Å². The number of rotatable bonds is 1. The Labute approximate surface area is 158 Å². The Morgan fingerprint density at radius 1 is 1.26 bits per heavy atom. The summed E-state index contributed by atoms with van der Waals surface area (Å²) in [6.07, 6.45) is 10.8. The summed E-state index contributed by atoms with van der Waals surface area (Å²) < 4.78 is 0. The number of nitrogens with zero attached hydrogens (tertiary/aromatic N) is 3. The Kier molecular flexibility index (Phi) is 3.65. The van der Waals surface area contributed by atoms with E-state index in [0.29, 0.717) is 11.1 Å². The lowest BCUT2D eigenvalue weighted by Crippen LogP contribution is -2.55. The summed E-state index contributed by atoms with van der Waals surface area (Å²) in [5.74, 6) is -0.108. The summed E-state index contributed by atoms with van der Waals surface area (Å²) in [7, 11) is 0. The van der Waals surface area contributed by atoms with Gasteiger partial charge < -0.3 is 10.6 Å². The van der Waals surface area contributed by atoms with E-state index in [-0.39, 0.29) is 11.2 Å². The van der Waals surface area contributed by atoms with Crippen LogP contribution in [0.5, 0.6) is 0 Å². The molecule has 0 radical (unpaired) electrons. The molecule has 4 aliphatic rings. The number of nitrogens with two attached hydrogens (primary N) is 1. The predicted octanol–water partition coefficient (Wildman–Crippen LogP) is 2.40. The van der Waals surface area contributed by atoms with Crippen molar-refractivity contribution in [2.75, 3.05) is 4.90 Å². The number of hydrogen-bond acceptors (Lipinski definition) is 4. The molecule has 1 saturated carbocycles. The van der Waals surface area contributed by atoms with E-state index >= 15 is 0 Å². The van der Waals surface area contributed by atoms with Gasteiger partial charge >= 0.3 is 0 Å². The fourth-order valence-electron chi connectivity index (χ4n) is 5.72. The molecule has 2 atom stereocenters. The molecular formula is C22H24N4O. The van der Waals surface area contributed by atoms with E-state index in [0.717, 1.165) is 23.9 Å². The number of nitriles is 1. The Morgan fingerprint density at radius 3 is 2.93 bits per heavy atom. The molecule has 1 aromatic rings. The second-order valence-electron chi connectivity index (χ2n) is 8.28.